The number of benzene rings is 2. The van der Waals surface area contributed by atoms with Gasteiger partial charge in [0.1, 0.15) is 5.04 Å². The third-order valence-corrected chi connectivity index (χ3v) is 9.42. The van der Waals surface area contributed by atoms with E-state index in [1.54, 1.807) is 16.1 Å². The number of aliphatic imine (C=N–C) groups is 2. The maximum absolute atomic E-state index is 13.5. The van der Waals surface area contributed by atoms with E-state index >= 15 is 0 Å². The topological polar surface area (TPSA) is 62.1 Å². The molecule has 0 saturated carbocycles. The minimum atomic E-state index is -3.55. The van der Waals surface area contributed by atoms with Gasteiger partial charge in [-0.05, 0) is 44.1 Å². The van der Waals surface area contributed by atoms with Crippen molar-refractivity contribution in [2.45, 2.75) is 57.5 Å². The van der Waals surface area contributed by atoms with Crippen molar-refractivity contribution in [3.63, 3.8) is 0 Å². The number of aryl methyl sites for hydroxylation is 3. The molecule has 5 nitrogen and oxygen atoms in total. The molecule has 1 saturated heterocycles. The van der Waals surface area contributed by atoms with Crippen molar-refractivity contribution in [3.8, 4) is 0 Å². The summed E-state index contributed by atoms with van der Waals surface area (Å²) in [5, 5.41) is 0.986. The highest BCUT2D eigenvalue weighted by Gasteiger charge is 2.42. The minimum Gasteiger partial charge on any atom is -0.252 e. The molecule has 1 spiro atoms. The number of sulfonamides is 1. The van der Waals surface area contributed by atoms with Crippen LogP contribution in [-0.2, 0) is 10.0 Å². The van der Waals surface area contributed by atoms with Crippen molar-refractivity contribution in [1.29, 1.82) is 0 Å². The van der Waals surface area contributed by atoms with Crippen LogP contribution in [0.3, 0.4) is 0 Å². The molecule has 0 amide bonds. The average molecular weight is 470 g/mol. The Morgan fingerprint density at radius 1 is 1.00 bits per heavy atom. The summed E-state index contributed by atoms with van der Waals surface area (Å²) < 4.78 is 28.6. The van der Waals surface area contributed by atoms with Crippen molar-refractivity contribution >= 4 is 32.5 Å². The van der Waals surface area contributed by atoms with E-state index in [9.17, 15) is 8.42 Å². The predicted molar refractivity (Wildman–Crippen MR) is 135 cm³/mol. The van der Waals surface area contributed by atoms with E-state index in [0.29, 0.717) is 30.8 Å². The molecule has 0 aliphatic carbocycles. The van der Waals surface area contributed by atoms with Crippen LogP contribution in [0, 0.1) is 20.8 Å². The predicted octanol–water partition coefficient (Wildman–Crippen LogP) is 5.14. The highest BCUT2D eigenvalue weighted by Crippen LogP contribution is 2.37. The molecule has 7 heteroatoms. The first-order chi connectivity index (χ1) is 15.3. The summed E-state index contributed by atoms with van der Waals surface area (Å²) in [6.45, 7) is 8.78. The van der Waals surface area contributed by atoms with E-state index < -0.39 is 15.7 Å². The number of nitrogens with zero attached hydrogens (tertiary/aromatic N) is 3. The van der Waals surface area contributed by atoms with Gasteiger partial charge in [0, 0.05) is 31.5 Å². The van der Waals surface area contributed by atoms with Gasteiger partial charge >= 0.3 is 0 Å². The lowest BCUT2D eigenvalue weighted by Crippen LogP contribution is -2.44. The Kier molecular flexibility index (Phi) is 6.61. The van der Waals surface area contributed by atoms with Gasteiger partial charge in [-0.3, -0.25) is 4.99 Å². The summed E-state index contributed by atoms with van der Waals surface area (Å²) in [6.07, 6.45) is 2.27. The van der Waals surface area contributed by atoms with E-state index in [1.807, 2.05) is 51.1 Å². The molecule has 170 valence electrons. The highest BCUT2D eigenvalue weighted by atomic mass is 32.2. The Balaban J connectivity index is 1.60. The van der Waals surface area contributed by atoms with Gasteiger partial charge in [-0.25, -0.2) is 13.4 Å². The molecular formula is C25H31N3O2S2. The molecule has 0 atom stereocenters. The molecule has 0 radical (unpaired) electrons. The maximum Gasteiger partial charge on any atom is 0.243 e. The van der Waals surface area contributed by atoms with E-state index in [-0.39, 0.29) is 0 Å². The Labute approximate surface area is 196 Å². The Morgan fingerprint density at radius 2 is 1.62 bits per heavy atom. The molecular weight excluding hydrogens is 438 g/mol. The second-order valence-electron chi connectivity index (χ2n) is 8.71. The van der Waals surface area contributed by atoms with Gasteiger partial charge in [-0.2, -0.15) is 4.31 Å². The zero-order chi connectivity index (χ0) is 22.9. The van der Waals surface area contributed by atoms with Crippen LogP contribution < -0.4 is 0 Å². The zero-order valence-corrected chi connectivity index (χ0v) is 20.9. The second-order valence-corrected chi connectivity index (χ2v) is 11.7. The molecule has 2 heterocycles. The van der Waals surface area contributed by atoms with Crippen molar-refractivity contribution in [2.75, 3.05) is 18.8 Å². The first kappa shape index (κ1) is 23.2. The van der Waals surface area contributed by atoms with E-state index in [4.69, 9.17) is 9.98 Å². The molecule has 4 rings (SSSR count). The zero-order valence-electron chi connectivity index (χ0n) is 19.3. The summed E-state index contributed by atoms with van der Waals surface area (Å²) in [5.74, 6) is 0.993. The summed E-state index contributed by atoms with van der Waals surface area (Å²) in [4.78, 5) is 10.6. The number of piperidine rings is 1. The number of hydrogen-bond acceptors (Lipinski definition) is 5. The third-order valence-electron chi connectivity index (χ3n) is 6.05. The van der Waals surface area contributed by atoms with Crippen LogP contribution in [-0.4, -0.2) is 48.0 Å². The lowest BCUT2D eigenvalue weighted by molar-refractivity contribution is 0.249. The van der Waals surface area contributed by atoms with Crippen molar-refractivity contribution in [3.05, 3.63) is 64.7 Å². The van der Waals surface area contributed by atoms with Crippen LogP contribution in [0.25, 0.3) is 0 Å². The van der Waals surface area contributed by atoms with Gasteiger partial charge in [-0.15, -0.1) is 11.8 Å². The van der Waals surface area contributed by atoms with Crippen LogP contribution in [0.2, 0.25) is 0 Å². The fourth-order valence-electron chi connectivity index (χ4n) is 4.62. The smallest absolute Gasteiger partial charge is 0.243 e. The molecule has 2 aromatic carbocycles. The van der Waals surface area contributed by atoms with Crippen LogP contribution in [0.4, 0.5) is 0 Å². The minimum absolute atomic E-state index is 0.426. The molecule has 2 aromatic rings. The summed E-state index contributed by atoms with van der Waals surface area (Å²) in [7, 11) is -3.55. The molecule has 2 aliphatic rings. The van der Waals surface area contributed by atoms with Gasteiger partial charge in [0.25, 0.3) is 0 Å². The number of thioether (sulfide) groups is 1. The lowest BCUT2D eigenvalue weighted by Gasteiger charge is -2.35. The quantitative estimate of drug-likeness (QED) is 0.609. The maximum atomic E-state index is 13.5. The van der Waals surface area contributed by atoms with E-state index in [2.05, 4.69) is 19.1 Å². The molecule has 0 aromatic heterocycles. The first-order valence-corrected chi connectivity index (χ1v) is 13.6. The fourth-order valence-corrected chi connectivity index (χ4v) is 7.40. The summed E-state index contributed by atoms with van der Waals surface area (Å²) >= 11 is 1.75. The van der Waals surface area contributed by atoms with Crippen LogP contribution in [0.1, 0.15) is 48.4 Å². The molecule has 0 bridgehead atoms. The first-order valence-electron chi connectivity index (χ1n) is 11.2. The highest BCUT2D eigenvalue weighted by molar-refractivity contribution is 8.15. The lowest BCUT2D eigenvalue weighted by atomic mass is 10.00. The molecule has 0 N–H and O–H groups in total. The number of rotatable bonds is 5. The second kappa shape index (κ2) is 9.12. The monoisotopic (exact) mass is 469 g/mol. The molecule has 32 heavy (non-hydrogen) atoms. The van der Waals surface area contributed by atoms with Crippen LogP contribution in [0.15, 0.2) is 57.3 Å². The van der Waals surface area contributed by atoms with Gasteiger partial charge in [0.05, 0.1) is 10.6 Å². The van der Waals surface area contributed by atoms with Gasteiger partial charge in [0.15, 0.2) is 5.66 Å². The SMILES string of the molecule is CCCSC1=NC2(CCN(S(=O)(=O)c3c(C)cc(C)cc3C)CC2)N=C1c1ccccc1. The molecule has 1 fully saturated rings. The molecule has 2 aliphatic heterocycles. The van der Waals surface area contributed by atoms with Gasteiger partial charge in [0.2, 0.25) is 10.0 Å². The Morgan fingerprint density at radius 3 is 2.22 bits per heavy atom. The van der Waals surface area contributed by atoms with Crippen LogP contribution >= 0.6 is 11.8 Å². The third kappa shape index (κ3) is 4.43. The summed E-state index contributed by atoms with van der Waals surface area (Å²) in [5.41, 5.74) is 4.17. The Hall–Kier alpha value is -1.96. The Bertz CT molecular complexity index is 1140. The van der Waals surface area contributed by atoms with Crippen molar-refractivity contribution < 1.29 is 8.42 Å². The fraction of sp³-hybridized carbons (Fsp3) is 0.440. The largest absolute Gasteiger partial charge is 0.252 e. The van der Waals surface area contributed by atoms with Gasteiger partial charge in [-0.1, -0.05) is 55.0 Å². The van der Waals surface area contributed by atoms with Crippen molar-refractivity contribution in [1.82, 2.24) is 4.31 Å². The summed E-state index contributed by atoms with van der Waals surface area (Å²) in [6, 6.07) is 14.1. The normalized spacial score (nSPS) is 18.6. The standard InChI is InChI=1S/C25H31N3O2S2/c1-5-15-31-24-22(21-9-7-6-8-10-21)26-25(27-24)11-13-28(14-12-25)32(29,30)23-19(3)16-18(2)17-20(23)4/h6-10,16-17H,5,11-15H2,1-4H3. The van der Waals surface area contributed by atoms with Crippen molar-refractivity contribution in [2.24, 2.45) is 9.98 Å². The van der Waals surface area contributed by atoms with Crippen LogP contribution in [0.5, 0.6) is 0 Å². The number of hydrogen-bond donors (Lipinski definition) is 0. The van der Waals surface area contributed by atoms with Gasteiger partial charge < -0.3 is 0 Å². The van der Waals surface area contributed by atoms with E-state index in [1.165, 1.54) is 0 Å². The molecule has 0 unspecified atom stereocenters. The average Bonchev–Trinajstić information content (AvgIpc) is 3.10. The van der Waals surface area contributed by atoms with E-state index in [0.717, 1.165) is 45.2 Å².